The average molecular weight is 300 g/mol. The highest BCUT2D eigenvalue weighted by Gasteiger charge is 2.09. The lowest BCUT2D eigenvalue weighted by molar-refractivity contribution is -0.107. The maximum atomic E-state index is 10.8. The molecule has 0 amide bonds. The molecule has 0 saturated heterocycles. The molecule has 0 bridgehead atoms. The number of hydrogen-bond donors (Lipinski definition) is 1. The van der Waals surface area contributed by atoms with Gasteiger partial charge in [-0.25, -0.2) is 0 Å². The van der Waals surface area contributed by atoms with Crippen molar-refractivity contribution in [1.29, 1.82) is 0 Å². The van der Waals surface area contributed by atoms with Crippen LogP contribution in [0.4, 0.5) is 0 Å². The number of aldehydes is 1. The van der Waals surface area contributed by atoms with Crippen LogP contribution in [0.15, 0.2) is 42.5 Å². The van der Waals surface area contributed by atoms with Crippen molar-refractivity contribution in [3.8, 4) is 17.0 Å². The summed E-state index contributed by atoms with van der Waals surface area (Å²) in [5.41, 5.74) is 3.86. The van der Waals surface area contributed by atoms with Gasteiger partial charge in [0.25, 0.3) is 0 Å². The Labute approximate surface area is 127 Å². The molecule has 4 heteroatoms. The van der Waals surface area contributed by atoms with Gasteiger partial charge in [0, 0.05) is 33.6 Å². The van der Waals surface area contributed by atoms with Crippen LogP contribution < -0.4 is 4.74 Å². The van der Waals surface area contributed by atoms with E-state index in [1.807, 2.05) is 36.4 Å². The van der Waals surface area contributed by atoms with Crippen molar-refractivity contribution >= 4 is 28.8 Å². The van der Waals surface area contributed by atoms with Crippen LogP contribution in [0.25, 0.3) is 22.2 Å². The van der Waals surface area contributed by atoms with E-state index < -0.39 is 0 Å². The molecule has 1 aromatic heterocycles. The smallest absolute Gasteiger partial charge is 0.124 e. The Kier molecular flexibility index (Phi) is 3.67. The molecule has 3 nitrogen and oxygen atoms in total. The first-order valence-corrected chi connectivity index (χ1v) is 6.98. The highest BCUT2D eigenvalue weighted by molar-refractivity contribution is 6.30. The Morgan fingerprint density at radius 2 is 2.05 bits per heavy atom. The van der Waals surface area contributed by atoms with Gasteiger partial charge in [-0.3, -0.25) is 0 Å². The van der Waals surface area contributed by atoms with Gasteiger partial charge in [0.1, 0.15) is 12.0 Å². The Morgan fingerprint density at radius 1 is 1.19 bits per heavy atom. The van der Waals surface area contributed by atoms with E-state index in [1.54, 1.807) is 13.2 Å². The first-order chi connectivity index (χ1) is 10.2. The lowest BCUT2D eigenvalue weighted by atomic mass is 10.0. The Balaban J connectivity index is 2.15. The highest BCUT2D eigenvalue weighted by Crippen LogP contribution is 2.30. The van der Waals surface area contributed by atoms with E-state index >= 15 is 0 Å². The molecule has 3 rings (SSSR count). The molecule has 0 radical (unpaired) electrons. The highest BCUT2D eigenvalue weighted by atomic mass is 35.5. The van der Waals surface area contributed by atoms with Crippen molar-refractivity contribution in [2.75, 3.05) is 7.11 Å². The number of ether oxygens (including phenoxy) is 1. The van der Waals surface area contributed by atoms with Gasteiger partial charge in [0.15, 0.2) is 0 Å². The number of rotatable bonds is 4. The maximum Gasteiger partial charge on any atom is 0.124 e. The molecule has 0 aliphatic rings. The minimum atomic E-state index is 0.366. The molecule has 2 aromatic carbocycles. The summed E-state index contributed by atoms with van der Waals surface area (Å²) >= 11 is 6.09. The predicted octanol–water partition coefficient (Wildman–Crippen LogP) is 4.24. The lowest BCUT2D eigenvalue weighted by Gasteiger charge is -2.06. The zero-order valence-corrected chi connectivity index (χ0v) is 12.3. The summed E-state index contributed by atoms with van der Waals surface area (Å²) in [5.74, 6) is 0.812. The van der Waals surface area contributed by atoms with E-state index in [4.69, 9.17) is 16.3 Å². The van der Waals surface area contributed by atoms with E-state index in [-0.39, 0.29) is 0 Å². The second-order valence-corrected chi connectivity index (χ2v) is 5.24. The van der Waals surface area contributed by atoms with Crippen LogP contribution >= 0.6 is 11.6 Å². The van der Waals surface area contributed by atoms with Gasteiger partial charge in [-0.2, -0.15) is 0 Å². The molecule has 0 spiro atoms. The molecule has 0 atom stereocenters. The van der Waals surface area contributed by atoms with Crippen molar-refractivity contribution in [3.05, 3.63) is 53.1 Å². The van der Waals surface area contributed by atoms with Crippen LogP contribution in [0.1, 0.15) is 5.56 Å². The summed E-state index contributed by atoms with van der Waals surface area (Å²) in [6, 6.07) is 13.5. The third-order valence-corrected chi connectivity index (χ3v) is 3.73. The molecule has 0 saturated carbocycles. The van der Waals surface area contributed by atoms with Crippen molar-refractivity contribution in [2.45, 2.75) is 6.42 Å². The fourth-order valence-corrected chi connectivity index (χ4v) is 2.62. The Hall–Kier alpha value is -2.26. The minimum Gasteiger partial charge on any atom is -0.497 e. The number of aromatic nitrogens is 1. The second kappa shape index (κ2) is 5.62. The van der Waals surface area contributed by atoms with Crippen LogP contribution in [0, 0.1) is 0 Å². The number of halogens is 1. The largest absolute Gasteiger partial charge is 0.497 e. The van der Waals surface area contributed by atoms with Crippen molar-refractivity contribution in [1.82, 2.24) is 4.98 Å². The molecule has 21 heavy (non-hydrogen) atoms. The van der Waals surface area contributed by atoms with Gasteiger partial charge in [-0.15, -0.1) is 0 Å². The normalized spacial score (nSPS) is 10.8. The summed E-state index contributed by atoms with van der Waals surface area (Å²) in [4.78, 5) is 14.2. The number of carbonyl (C=O) groups excluding carboxylic acids is 1. The van der Waals surface area contributed by atoms with Crippen LogP contribution in [-0.2, 0) is 11.2 Å². The molecule has 0 unspecified atom stereocenters. The Bertz CT molecular complexity index is 808. The zero-order valence-electron chi connectivity index (χ0n) is 11.5. The summed E-state index contributed by atoms with van der Waals surface area (Å²) < 4.78 is 5.24. The van der Waals surface area contributed by atoms with E-state index in [1.165, 1.54) is 0 Å². The van der Waals surface area contributed by atoms with Gasteiger partial charge < -0.3 is 14.5 Å². The number of benzene rings is 2. The minimum absolute atomic E-state index is 0.366. The monoisotopic (exact) mass is 299 g/mol. The van der Waals surface area contributed by atoms with E-state index in [9.17, 15) is 4.79 Å². The van der Waals surface area contributed by atoms with Gasteiger partial charge >= 0.3 is 0 Å². The first kappa shape index (κ1) is 13.7. The fraction of sp³-hybridized carbons (Fsp3) is 0.118. The van der Waals surface area contributed by atoms with Crippen LogP contribution in [-0.4, -0.2) is 18.4 Å². The number of nitrogens with one attached hydrogen (secondary N) is 1. The van der Waals surface area contributed by atoms with Crippen molar-refractivity contribution < 1.29 is 9.53 Å². The number of hydrogen-bond acceptors (Lipinski definition) is 2. The topological polar surface area (TPSA) is 42.1 Å². The second-order valence-electron chi connectivity index (χ2n) is 4.81. The summed E-state index contributed by atoms with van der Waals surface area (Å²) in [5, 5.41) is 1.71. The molecule has 106 valence electrons. The van der Waals surface area contributed by atoms with Gasteiger partial charge in [-0.05, 0) is 42.0 Å². The molecule has 0 fully saturated rings. The number of carbonyl (C=O) groups is 1. The van der Waals surface area contributed by atoms with Gasteiger partial charge in [0.05, 0.1) is 7.11 Å². The zero-order chi connectivity index (χ0) is 14.8. The number of fused-ring (bicyclic) bond motifs is 1. The number of aromatic amines is 1. The van der Waals surface area contributed by atoms with Crippen molar-refractivity contribution in [2.24, 2.45) is 0 Å². The number of methoxy groups -OCH3 is 1. The summed E-state index contributed by atoms with van der Waals surface area (Å²) in [6.45, 7) is 0. The van der Waals surface area contributed by atoms with E-state index in [0.717, 1.165) is 39.8 Å². The van der Waals surface area contributed by atoms with E-state index in [2.05, 4.69) is 4.98 Å². The average Bonchev–Trinajstić information content (AvgIpc) is 2.92. The molecule has 1 heterocycles. The van der Waals surface area contributed by atoms with E-state index in [0.29, 0.717) is 11.4 Å². The molecular weight excluding hydrogens is 286 g/mol. The van der Waals surface area contributed by atoms with Crippen molar-refractivity contribution in [3.63, 3.8) is 0 Å². The van der Waals surface area contributed by atoms with Gasteiger partial charge in [-0.1, -0.05) is 17.7 Å². The third-order valence-electron chi connectivity index (χ3n) is 3.49. The SMILES string of the molecule is COc1ccc2[nH]c(-c3cc(Cl)ccc3CC=O)cc2c1. The first-order valence-electron chi connectivity index (χ1n) is 6.60. The lowest BCUT2D eigenvalue weighted by Crippen LogP contribution is -1.91. The molecule has 0 aliphatic carbocycles. The molecular formula is C17H14ClNO2. The van der Waals surface area contributed by atoms with Gasteiger partial charge in [0.2, 0.25) is 0 Å². The fourth-order valence-electron chi connectivity index (χ4n) is 2.45. The summed E-state index contributed by atoms with van der Waals surface area (Å²) in [6.07, 6.45) is 1.27. The molecule has 1 N–H and O–H groups in total. The Morgan fingerprint density at radius 3 is 2.81 bits per heavy atom. The third kappa shape index (κ3) is 2.65. The van der Waals surface area contributed by atoms with Crippen LogP contribution in [0.3, 0.4) is 0 Å². The standard InChI is InChI=1S/C17H14ClNO2/c1-21-14-4-5-16-12(8-14)9-17(19-16)15-10-13(18)3-2-11(15)6-7-20/h2-5,7-10,19H,6H2,1H3. The summed E-state index contributed by atoms with van der Waals surface area (Å²) in [7, 11) is 1.65. The van der Waals surface area contributed by atoms with Crippen LogP contribution in [0.5, 0.6) is 5.75 Å². The quantitative estimate of drug-likeness (QED) is 0.732. The maximum absolute atomic E-state index is 10.8. The molecule has 0 aliphatic heterocycles. The molecule has 3 aromatic rings. The van der Waals surface area contributed by atoms with Crippen LogP contribution in [0.2, 0.25) is 5.02 Å². The number of H-pyrrole nitrogens is 1. The predicted molar refractivity (Wildman–Crippen MR) is 85.1 cm³/mol.